The summed E-state index contributed by atoms with van der Waals surface area (Å²) in [6.07, 6.45) is -1.98. The normalized spacial score (nSPS) is 19.6. The molecule has 5 aromatic rings. The second-order valence-corrected chi connectivity index (χ2v) is 9.59. The van der Waals surface area contributed by atoms with Gasteiger partial charge in [0.1, 0.15) is 18.2 Å². The third-order valence-corrected chi connectivity index (χ3v) is 6.87. The first kappa shape index (κ1) is 27.7. The van der Waals surface area contributed by atoms with E-state index in [1.54, 1.807) is 91.0 Å². The number of benzene rings is 3. The van der Waals surface area contributed by atoms with E-state index < -0.39 is 43.1 Å². The minimum Gasteiger partial charge on any atom is -0.452 e. The molecule has 1 fully saturated rings. The van der Waals surface area contributed by atoms with Crippen LogP contribution in [0.3, 0.4) is 0 Å². The van der Waals surface area contributed by atoms with E-state index >= 15 is 0 Å². The summed E-state index contributed by atoms with van der Waals surface area (Å²) in [6.45, 7) is -0.546. The Hall–Kier alpha value is -5.46. The Morgan fingerprint density at radius 1 is 0.791 bits per heavy atom. The van der Waals surface area contributed by atoms with Crippen LogP contribution in [0.5, 0.6) is 0 Å². The lowest BCUT2D eigenvalue weighted by Crippen LogP contribution is -2.40. The molecule has 6 rings (SSSR count). The van der Waals surface area contributed by atoms with Gasteiger partial charge in [0.25, 0.3) is 5.91 Å². The standard InChI is InChI=1S/C31H25N5O7/c37-17-23-24(42-30(39)20-12-6-2-7-13-20)25(43-31(40)21-14-8-3-9-15-21)29(41-23)36-27-22(16-34-36)26(32-18-33-27)35-28(38)19-10-4-1-5-11-19/h1-16,18,23-25,29,37H,17H2,(H,32,33,35,38)/t23-,24?,25+,29-/m1/s1. The SMILES string of the molecule is O=C(Nc1ncnc2c1cnn2[C@@H]1O[C@H](CO)C(OC(=O)c2ccccc2)[C@@H]1OC(=O)c1ccccc1)c1ccccc1. The minimum absolute atomic E-state index is 0.201. The van der Waals surface area contributed by atoms with Crippen LogP contribution in [0, 0.1) is 0 Å². The Balaban J connectivity index is 1.35. The summed E-state index contributed by atoms with van der Waals surface area (Å²) < 4.78 is 19.1. The van der Waals surface area contributed by atoms with Gasteiger partial charge in [0.15, 0.2) is 24.1 Å². The summed E-state index contributed by atoms with van der Waals surface area (Å²) in [5.74, 6) is -1.56. The van der Waals surface area contributed by atoms with Crippen molar-refractivity contribution in [2.45, 2.75) is 24.5 Å². The number of nitrogens with one attached hydrogen (secondary N) is 1. The van der Waals surface area contributed by atoms with E-state index in [1.807, 2.05) is 0 Å². The van der Waals surface area contributed by atoms with Gasteiger partial charge in [0, 0.05) is 5.56 Å². The molecule has 1 saturated heterocycles. The largest absolute Gasteiger partial charge is 0.452 e. The van der Waals surface area contributed by atoms with Gasteiger partial charge in [0.05, 0.1) is 29.3 Å². The lowest BCUT2D eigenvalue weighted by atomic mass is 10.1. The zero-order valence-corrected chi connectivity index (χ0v) is 22.5. The number of esters is 2. The maximum absolute atomic E-state index is 13.2. The lowest BCUT2D eigenvalue weighted by Gasteiger charge is -2.24. The fourth-order valence-electron chi connectivity index (χ4n) is 4.77. The molecule has 0 radical (unpaired) electrons. The number of aliphatic hydroxyl groups is 1. The molecule has 43 heavy (non-hydrogen) atoms. The molecule has 4 atom stereocenters. The number of ether oxygens (including phenoxy) is 3. The summed E-state index contributed by atoms with van der Waals surface area (Å²) in [5.41, 5.74) is 1.21. The highest BCUT2D eigenvalue weighted by Gasteiger charge is 2.51. The molecule has 2 aromatic heterocycles. The molecule has 1 amide bonds. The average molecular weight is 580 g/mol. The van der Waals surface area contributed by atoms with Crippen LogP contribution < -0.4 is 5.32 Å². The van der Waals surface area contributed by atoms with Crippen molar-refractivity contribution in [3.8, 4) is 0 Å². The molecule has 1 aliphatic rings. The number of amides is 1. The van der Waals surface area contributed by atoms with Crippen LogP contribution in [0.25, 0.3) is 11.0 Å². The molecule has 0 saturated carbocycles. The molecule has 1 aliphatic heterocycles. The van der Waals surface area contributed by atoms with Crippen LogP contribution in [0.2, 0.25) is 0 Å². The van der Waals surface area contributed by atoms with Crippen molar-refractivity contribution < 1.29 is 33.7 Å². The van der Waals surface area contributed by atoms with E-state index in [-0.39, 0.29) is 28.5 Å². The third-order valence-electron chi connectivity index (χ3n) is 6.87. The Morgan fingerprint density at radius 2 is 1.35 bits per heavy atom. The van der Waals surface area contributed by atoms with Gasteiger partial charge in [-0.1, -0.05) is 54.6 Å². The number of anilines is 1. The summed E-state index contributed by atoms with van der Waals surface area (Å²) in [6, 6.07) is 25.2. The van der Waals surface area contributed by atoms with Crippen LogP contribution in [-0.2, 0) is 14.2 Å². The third kappa shape index (κ3) is 5.69. The monoisotopic (exact) mass is 579 g/mol. The number of nitrogens with zero attached hydrogens (tertiary/aromatic N) is 4. The number of carbonyl (C=O) groups excluding carboxylic acids is 3. The number of aromatic nitrogens is 4. The molecule has 12 heteroatoms. The van der Waals surface area contributed by atoms with E-state index in [0.29, 0.717) is 10.9 Å². The predicted molar refractivity (Wildman–Crippen MR) is 152 cm³/mol. The van der Waals surface area contributed by atoms with Crippen molar-refractivity contribution in [2.24, 2.45) is 0 Å². The van der Waals surface area contributed by atoms with Gasteiger partial charge < -0.3 is 24.6 Å². The minimum atomic E-state index is -1.24. The Morgan fingerprint density at radius 3 is 1.93 bits per heavy atom. The topological polar surface area (TPSA) is 155 Å². The van der Waals surface area contributed by atoms with Crippen LogP contribution in [0.15, 0.2) is 104 Å². The first-order valence-corrected chi connectivity index (χ1v) is 13.4. The van der Waals surface area contributed by atoms with Crippen LogP contribution in [0.1, 0.15) is 37.3 Å². The van der Waals surface area contributed by atoms with Crippen molar-refractivity contribution in [1.82, 2.24) is 19.7 Å². The van der Waals surface area contributed by atoms with E-state index in [2.05, 4.69) is 20.4 Å². The Kier molecular flexibility index (Phi) is 7.85. The van der Waals surface area contributed by atoms with Gasteiger partial charge in [-0.15, -0.1) is 0 Å². The van der Waals surface area contributed by atoms with Gasteiger partial charge in [-0.25, -0.2) is 24.2 Å². The van der Waals surface area contributed by atoms with Crippen LogP contribution in [-0.4, -0.2) is 67.6 Å². The van der Waals surface area contributed by atoms with Crippen molar-refractivity contribution in [2.75, 3.05) is 11.9 Å². The highest BCUT2D eigenvalue weighted by atomic mass is 16.6. The number of carbonyl (C=O) groups is 3. The maximum atomic E-state index is 13.2. The molecule has 3 heterocycles. The highest BCUT2D eigenvalue weighted by molar-refractivity contribution is 6.07. The Labute approximate surface area is 244 Å². The predicted octanol–water partition coefficient (Wildman–Crippen LogP) is 3.42. The molecule has 216 valence electrons. The fourth-order valence-corrected chi connectivity index (χ4v) is 4.77. The van der Waals surface area contributed by atoms with E-state index in [1.165, 1.54) is 17.2 Å². The molecular formula is C31H25N5O7. The molecule has 0 aliphatic carbocycles. The summed E-state index contributed by atoms with van der Waals surface area (Å²) in [7, 11) is 0. The molecule has 0 spiro atoms. The first-order chi connectivity index (χ1) is 21.0. The molecule has 3 aromatic carbocycles. The first-order valence-electron chi connectivity index (χ1n) is 13.4. The zero-order chi connectivity index (χ0) is 29.8. The maximum Gasteiger partial charge on any atom is 0.338 e. The molecule has 1 unspecified atom stereocenters. The molecule has 0 bridgehead atoms. The van der Waals surface area contributed by atoms with E-state index in [4.69, 9.17) is 14.2 Å². The Bertz CT molecular complexity index is 1750. The van der Waals surface area contributed by atoms with Crippen molar-refractivity contribution in [3.63, 3.8) is 0 Å². The van der Waals surface area contributed by atoms with Crippen molar-refractivity contribution in [1.29, 1.82) is 0 Å². The van der Waals surface area contributed by atoms with E-state index in [0.717, 1.165) is 0 Å². The second kappa shape index (κ2) is 12.2. The number of fused-ring (bicyclic) bond motifs is 1. The highest BCUT2D eigenvalue weighted by Crippen LogP contribution is 2.36. The van der Waals surface area contributed by atoms with Gasteiger partial charge in [-0.2, -0.15) is 5.10 Å². The average Bonchev–Trinajstić information content (AvgIpc) is 3.64. The smallest absolute Gasteiger partial charge is 0.338 e. The van der Waals surface area contributed by atoms with Gasteiger partial charge in [-0.3, -0.25) is 4.79 Å². The van der Waals surface area contributed by atoms with Gasteiger partial charge >= 0.3 is 11.9 Å². The second-order valence-electron chi connectivity index (χ2n) is 9.59. The number of hydrogen-bond acceptors (Lipinski definition) is 10. The number of aliphatic hydroxyl groups excluding tert-OH is 1. The summed E-state index contributed by atoms with van der Waals surface area (Å²) in [4.78, 5) is 47.6. The summed E-state index contributed by atoms with van der Waals surface area (Å²) in [5, 5.41) is 17.8. The molecule has 2 N–H and O–H groups in total. The molecular weight excluding hydrogens is 554 g/mol. The van der Waals surface area contributed by atoms with E-state index in [9.17, 15) is 19.5 Å². The van der Waals surface area contributed by atoms with Crippen LogP contribution >= 0.6 is 0 Å². The van der Waals surface area contributed by atoms with Crippen molar-refractivity contribution >= 4 is 34.7 Å². The van der Waals surface area contributed by atoms with Crippen molar-refractivity contribution in [3.05, 3.63) is 120 Å². The zero-order valence-electron chi connectivity index (χ0n) is 22.5. The lowest BCUT2D eigenvalue weighted by molar-refractivity contribution is -0.0620. The van der Waals surface area contributed by atoms with Crippen LogP contribution in [0.4, 0.5) is 5.82 Å². The van der Waals surface area contributed by atoms with Gasteiger partial charge in [-0.05, 0) is 36.4 Å². The van der Waals surface area contributed by atoms with Gasteiger partial charge in [0.2, 0.25) is 0 Å². The fraction of sp³-hybridized carbons (Fsp3) is 0.161. The molecule has 12 nitrogen and oxygen atoms in total. The number of hydrogen-bond donors (Lipinski definition) is 2. The quantitative estimate of drug-likeness (QED) is 0.261. The summed E-state index contributed by atoms with van der Waals surface area (Å²) >= 11 is 0. The number of rotatable bonds is 8.